The van der Waals surface area contributed by atoms with Crippen LogP contribution >= 0.6 is 0 Å². The van der Waals surface area contributed by atoms with Crippen molar-refractivity contribution in [1.82, 2.24) is 5.32 Å². The zero-order valence-electron chi connectivity index (χ0n) is 8.74. The van der Waals surface area contributed by atoms with Gasteiger partial charge < -0.3 is 18.0 Å². The fraction of sp³-hybridized carbons (Fsp3) is 0.667. The predicted octanol–water partition coefficient (Wildman–Crippen LogP) is 1.74. The third-order valence-corrected chi connectivity index (χ3v) is 0.716. The van der Waals surface area contributed by atoms with Crippen LogP contribution in [-0.4, -0.2) is 6.17 Å². The molecule has 0 saturated heterocycles. The maximum absolute atomic E-state index is 6.99. The van der Waals surface area contributed by atoms with Crippen LogP contribution in [0.15, 0.2) is 0 Å². The van der Waals surface area contributed by atoms with Gasteiger partial charge in [0.25, 0.3) is 0 Å². The van der Waals surface area contributed by atoms with Crippen molar-refractivity contribution in [3.63, 3.8) is 0 Å². The summed E-state index contributed by atoms with van der Waals surface area (Å²) in [5.41, 5.74) is 6.99. The summed E-state index contributed by atoms with van der Waals surface area (Å²) >= 11 is 0. The molecule has 0 rings (SSSR count). The minimum Gasteiger partial charge on any atom is -0.665 e. The first kappa shape index (κ1) is 42.8. The molecule has 0 heterocycles. The average Bonchev–Trinajstić information content (AvgIpc) is 1.66. The summed E-state index contributed by atoms with van der Waals surface area (Å²) in [5, 5.41) is 2.85. The van der Waals surface area contributed by atoms with E-state index < -0.39 is 0 Å². The van der Waals surface area contributed by atoms with E-state index in [9.17, 15) is 0 Å². The van der Waals surface area contributed by atoms with Gasteiger partial charge in [-0.15, -0.1) is 6.17 Å². The van der Waals surface area contributed by atoms with Crippen LogP contribution in [0.3, 0.4) is 0 Å². The van der Waals surface area contributed by atoms with Crippen LogP contribution < -0.4 is 5.32 Å². The van der Waals surface area contributed by atoms with Crippen molar-refractivity contribution in [3.8, 4) is 0 Å². The molecule has 0 aliphatic rings. The van der Waals surface area contributed by atoms with Gasteiger partial charge in [-0.1, -0.05) is 6.92 Å². The second-order valence-corrected chi connectivity index (χ2v) is 1.73. The van der Waals surface area contributed by atoms with Gasteiger partial charge >= 0.3 is 32.7 Å². The van der Waals surface area contributed by atoms with Crippen molar-refractivity contribution < 1.29 is 196 Å². The number of hydrogen-bond acceptors (Lipinski definition) is 1. The van der Waals surface area contributed by atoms with Gasteiger partial charge in [-0.05, 0) is 0 Å². The van der Waals surface area contributed by atoms with Crippen LogP contribution in [0.4, 0.5) is 0 Å². The van der Waals surface area contributed by atoms with Gasteiger partial charge in [0.2, 0.25) is 0 Å². The molecule has 14 heavy (non-hydrogen) atoms. The Morgan fingerprint density at radius 3 is 1.79 bits per heavy atom. The smallest absolute Gasteiger partial charge is 0.665 e. The molecule has 0 aromatic heterocycles. The fourth-order valence-corrected chi connectivity index (χ4v) is 0.362. The summed E-state index contributed by atoms with van der Waals surface area (Å²) in [6.45, 7) is 7.32. The molecule has 0 aromatic carbocycles. The number of hydrogen-bond donors (Lipinski definition) is 1. The molecule has 8 heteroatoms. The number of unbranched alkanes of at least 4 members (excludes halogenated alkanes) is 1. The van der Waals surface area contributed by atoms with Crippen LogP contribution in [0.1, 0.15) is 19.8 Å². The van der Waals surface area contributed by atoms with E-state index in [1.807, 2.05) is 6.54 Å². The normalized spacial score (nSPS) is 7.93. The van der Waals surface area contributed by atoms with Gasteiger partial charge in [0, 0.05) is 164 Å². The first-order chi connectivity index (χ1) is 3.77. The Labute approximate surface area is 240 Å². The molecule has 1 atom stereocenters. The first-order valence-corrected chi connectivity index (χ1v) is 2.85. The molecule has 2 nitrogen and oxygen atoms in total. The van der Waals surface area contributed by atoms with Gasteiger partial charge in [0.15, 0.2) is 0 Å². The van der Waals surface area contributed by atoms with E-state index in [0.29, 0.717) is 0 Å². The van der Waals surface area contributed by atoms with Crippen molar-refractivity contribution in [2.24, 2.45) is 0 Å². The van der Waals surface area contributed by atoms with Gasteiger partial charge in [-0.2, -0.15) is 6.42 Å². The van der Waals surface area contributed by atoms with Gasteiger partial charge in [0.05, 0.1) is 0 Å². The van der Waals surface area contributed by atoms with Gasteiger partial charge in [-0.3, -0.25) is 6.54 Å². The van der Waals surface area contributed by atoms with E-state index in [1.165, 1.54) is 0 Å². The summed E-state index contributed by atoms with van der Waals surface area (Å²) < 4.78 is 0. The molecule has 0 amide bonds. The van der Waals surface area contributed by atoms with Crippen molar-refractivity contribution in [3.05, 3.63) is 19.2 Å². The van der Waals surface area contributed by atoms with Gasteiger partial charge in [0.1, 0.15) is 0 Å². The average molecular weight is 647 g/mol. The Bertz CT molecular complexity index is 57.6. The zero-order chi connectivity index (χ0) is 6.41. The number of rotatable bonds is 4. The van der Waals surface area contributed by atoms with E-state index >= 15 is 0 Å². The SMILES string of the molecule is [CH2-]CC[CH-]NC(C)[NH-].[Y+3].[Y].[Y].[Y].[Y].[Y]. The Kier molecular flexibility index (Phi) is 112. The molecule has 0 aliphatic heterocycles. The minimum absolute atomic E-state index is 0. The third kappa shape index (κ3) is 42.8. The van der Waals surface area contributed by atoms with E-state index in [4.69, 9.17) is 5.73 Å². The van der Waals surface area contributed by atoms with Crippen LogP contribution in [0, 0.1) is 13.5 Å². The topological polar surface area (TPSA) is 35.8 Å². The monoisotopic (exact) mass is 647 g/mol. The molecule has 5 radical (unpaired) electrons. The Morgan fingerprint density at radius 1 is 1.21 bits per heavy atom. The Balaban J connectivity index is -0.0000000163. The van der Waals surface area contributed by atoms with Gasteiger partial charge in [-0.25, -0.2) is 6.42 Å². The maximum atomic E-state index is 6.99. The van der Waals surface area contributed by atoms with E-state index in [0.717, 1.165) is 12.8 Å². The summed E-state index contributed by atoms with van der Waals surface area (Å²) in [6.07, 6.45) is 1.67. The van der Waals surface area contributed by atoms with Crippen LogP contribution in [0.25, 0.3) is 5.73 Å². The number of nitrogens with one attached hydrogen (secondary N) is 2. The van der Waals surface area contributed by atoms with Crippen LogP contribution in [0.5, 0.6) is 0 Å². The molecule has 2 N–H and O–H groups in total. The molecule has 0 spiro atoms. The molecule has 0 aliphatic carbocycles. The van der Waals surface area contributed by atoms with E-state index in [-0.39, 0.29) is 202 Å². The molecule has 0 bridgehead atoms. The van der Waals surface area contributed by atoms with Crippen molar-refractivity contribution >= 4 is 0 Å². The van der Waals surface area contributed by atoms with Crippen molar-refractivity contribution in [2.75, 3.05) is 0 Å². The molecular formula is C6H13N2Y6. The molecule has 65 valence electrons. The first-order valence-electron chi connectivity index (χ1n) is 2.85. The summed E-state index contributed by atoms with van der Waals surface area (Å²) in [4.78, 5) is 0. The second-order valence-electron chi connectivity index (χ2n) is 1.73. The minimum atomic E-state index is -0.179. The molecule has 1 unspecified atom stereocenters. The predicted molar refractivity (Wildman–Crippen MR) is 35.8 cm³/mol. The van der Waals surface area contributed by atoms with Crippen molar-refractivity contribution in [1.29, 1.82) is 0 Å². The summed E-state index contributed by atoms with van der Waals surface area (Å²) in [5.74, 6) is 0. The van der Waals surface area contributed by atoms with E-state index in [2.05, 4.69) is 12.2 Å². The Hall–Kier alpha value is 6.54. The van der Waals surface area contributed by atoms with Crippen LogP contribution in [0.2, 0.25) is 0 Å². The third-order valence-electron chi connectivity index (χ3n) is 0.716. The summed E-state index contributed by atoms with van der Waals surface area (Å²) in [6, 6.07) is 0. The largest absolute Gasteiger partial charge is 3.00 e. The van der Waals surface area contributed by atoms with Crippen LogP contribution in [-0.2, 0) is 196 Å². The maximum Gasteiger partial charge on any atom is 3.00 e. The molecular weight excluding hydrogens is 634 g/mol. The molecule has 0 saturated carbocycles. The molecule has 0 fully saturated rings. The summed E-state index contributed by atoms with van der Waals surface area (Å²) in [7, 11) is 0. The van der Waals surface area contributed by atoms with E-state index in [1.54, 1.807) is 6.92 Å². The second kappa shape index (κ2) is 36.6. The quantitative estimate of drug-likeness (QED) is 0.367. The molecule has 0 aromatic rings. The van der Waals surface area contributed by atoms with Crippen molar-refractivity contribution in [2.45, 2.75) is 25.9 Å². The Morgan fingerprint density at radius 2 is 1.57 bits per heavy atom. The fourth-order valence-electron chi connectivity index (χ4n) is 0.362. The zero-order valence-corrected chi connectivity index (χ0v) is 25.8. The standard InChI is InChI=1S/C6H13N2.6Y/c1-3-4-5-8-6(2)7;;;;;;/h5-8H,1,3-4H2,2H3;;;;;;/q-3;;;;;;+3.